The summed E-state index contributed by atoms with van der Waals surface area (Å²) in [6.07, 6.45) is 0.289. The van der Waals surface area contributed by atoms with Crippen LogP contribution >= 0.6 is 11.6 Å². The van der Waals surface area contributed by atoms with E-state index < -0.39 is 0 Å². The molecular formula is C20H18ClN3O4. The van der Waals surface area contributed by atoms with Crippen molar-refractivity contribution in [3.05, 3.63) is 53.4 Å². The summed E-state index contributed by atoms with van der Waals surface area (Å²) in [5.74, 6) is 1.93. The Hall–Kier alpha value is -3.06. The molecule has 2 aromatic carbocycles. The van der Waals surface area contributed by atoms with Crippen molar-refractivity contribution in [2.75, 3.05) is 25.7 Å². The number of nitrogens with zero attached hydrogens (tertiary/aromatic N) is 3. The first-order valence-corrected chi connectivity index (χ1v) is 9.08. The van der Waals surface area contributed by atoms with Crippen LogP contribution in [0.25, 0.3) is 11.4 Å². The van der Waals surface area contributed by atoms with Crippen molar-refractivity contribution in [3.8, 4) is 22.9 Å². The molecule has 1 aliphatic heterocycles. The first kappa shape index (κ1) is 18.3. The summed E-state index contributed by atoms with van der Waals surface area (Å²) in [5.41, 5.74) is 1.49. The molecule has 28 heavy (non-hydrogen) atoms. The van der Waals surface area contributed by atoms with Crippen molar-refractivity contribution in [2.24, 2.45) is 0 Å². The third kappa shape index (κ3) is 3.41. The zero-order valence-corrected chi connectivity index (χ0v) is 16.1. The molecule has 1 atom stereocenters. The molecule has 4 rings (SSSR count). The Kier molecular flexibility index (Phi) is 4.92. The predicted octanol–water partition coefficient (Wildman–Crippen LogP) is 3.93. The number of amides is 1. The highest BCUT2D eigenvalue weighted by molar-refractivity contribution is 6.30. The zero-order valence-electron chi connectivity index (χ0n) is 15.4. The molecule has 1 saturated heterocycles. The van der Waals surface area contributed by atoms with E-state index in [2.05, 4.69) is 10.1 Å². The Morgan fingerprint density at radius 1 is 1.14 bits per heavy atom. The number of carbonyl (C=O) groups is 1. The molecule has 0 saturated carbocycles. The van der Waals surface area contributed by atoms with E-state index in [1.165, 1.54) is 0 Å². The van der Waals surface area contributed by atoms with E-state index in [1.807, 2.05) is 18.2 Å². The number of anilines is 1. The van der Waals surface area contributed by atoms with Crippen molar-refractivity contribution in [1.29, 1.82) is 0 Å². The maximum Gasteiger partial charge on any atom is 0.232 e. The second-order valence-electron chi connectivity index (χ2n) is 6.41. The first-order valence-electron chi connectivity index (χ1n) is 8.71. The lowest BCUT2D eigenvalue weighted by molar-refractivity contribution is -0.117. The molecule has 2 heterocycles. The number of carbonyl (C=O) groups excluding carboxylic acids is 1. The van der Waals surface area contributed by atoms with Gasteiger partial charge in [-0.05, 0) is 36.4 Å². The van der Waals surface area contributed by atoms with E-state index in [1.54, 1.807) is 43.4 Å². The molecule has 8 heteroatoms. The van der Waals surface area contributed by atoms with Gasteiger partial charge in [-0.25, -0.2) is 0 Å². The summed E-state index contributed by atoms with van der Waals surface area (Å²) in [6, 6.07) is 12.5. The molecule has 1 aliphatic rings. The second kappa shape index (κ2) is 7.52. The lowest BCUT2D eigenvalue weighted by Crippen LogP contribution is -2.24. The monoisotopic (exact) mass is 399 g/mol. The summed E-state index contributed by atoms with van der Waals surface area (Å²) in [7, 11) is 3.14. The number of rotatable bonds is 5. The van der Waals surface area contributed by atoms with E-state index in [9.17, 15) is 4.79 Å². The molecule has 3 aromatic rings. The van der Waals surface area contributed by atoms with Crippen LogP contribution in [0.5, 0.6) is 11.5 Å². The van der Waals surface area contributed by atoms with Crippen LogP contribution < -0.4 is 14.4 Å². The van der Waals surface area contributed by atoms with Gasteiger partial charge >= 0.3 is 0 Å². The molecule has 0 N–H and O–H groups in total. The van der Waals surface area contributed by atoms with Crippen molar-refractivity contribution in [1.82, 2.24) is 10.1 Å². The average Bonchev–Trinajstić information content (AvgIpc) is 3.35. The maximum absolute atomic E-state index is 12.6. The molecule has 0 bridgehead atoms. The van der Waals surface area contributed by atoms with Crippen LogP contribution in [0.15, 0.2) is 47.0 Å². The van der Waals surface area contributed by atoms with Gasteiger partial charge in [0.1, 0.15) is 11.5 Å². The lowest BCUT2D eigenvalue weighted by atomic mass is 10.1. The van der Waals surface area contributed by atoms with E-state index in [-0.39, 0.29) is 18.2 Å². The van der Waals surface area contributed by atoms with Crippen molar-refractivity contribution in [3.63, 3.8) is 0 Å². The number of hydrogen-bond acceptors (Lipinski definition) is 6. The minimum atomic E-state index is -0.187. The third-order valence-electron chi connectivity index (χ3n) is 4.70. The third-order valence-corrected chi connectivity index (χ3v) is 4.95. The highest BCUT2D eigenvalue weighted by Crippen LogP contribution is 2.38. The highest BCUT2D eigenvalue weighted by Gasteiger charge is 2.36. The molecule has 0 spiro atoms. The fraction of sp³-hybridized carbons (Fsp3) is 0.250. The van der Waals surface area contributed by atoms with Gasteiger partial charge in [0, 0.05) is 29.6 Å². The Morgan fingerprint density at radius 3 is 2.64 bits per heavy atom. The smallest absolute Gasteiger partial charge is 0.232 e. The molecule has 0 aliphatic carbocycles. The number of aromatic nitrogens is 2. The van der Waals surface area contributed by atoms with Gasteiger partial charge in [-0.15, -0.1) is 0 Å². The van der Waals surface area contributed by atoms with Gasteiger partial charge < -0.3 is 18.9 Å². The van der Waals surface area contributed by atoms with Gasteiger partial charge in [-0.3, -0.25) is 4.79 Å². The van der Waals surface area contributed by atoms with Crippen molar-refractivity contribution < 1.29 is 18.8 Å². The summed E-state index contributed by atoms with van der Waals surface area (Å²) in [5, 5.41) is 4.68. The fourth-order valence-corrected chi connectivity index (χ4v) is 3.36. The van der Waals surface area contributed by atoms with E-state index in [4.69, 9.17) is 25.6 Å². The van der Waals surface area contributed by atoms with Gasteiger partial charge in [-0.1, -0.05) is 16.8 Å². The summed E-state index contributed by atoms with van der Waals surface area (Å²) in [6.45, 7) is 0.434. The van der Waals surface area contributed by atoms with Gasteiger partial charge in [0.05, 0.1) is 25.8 Å². The summed E-state index contributed by atoms with van der Waals surface area (Å²) < 4.78 is 16.1. The molecule has 1 aromatic heterocycles. The predicted molar refractivity (Wildman–Crippen MR) is 104 cm³/mol. The van der Waals surface area contributed by atoms with Crippen LogP contribution in [0.1, 0.15) is 18.2 Å². The zero-order chi connectivity index (χ0) is 19.7. The van der Waals surface area contributed by atoms with Crippen LogP contribution in [0.4, 0.5) is 5.69 Å². The van der Waals surface area contributed by atoms with Crippen molar-refractivity contribution in [2.45, 2.75) is 12.3 Å². The Bertz CT molecular complexity index is 1000. The number of ether oxygens (including phenoxy) is 2. The van der Waals surface area contributed by atoms with Crippen LogP contribution in [0.3, 0.4) is 0 Å². The fourth-order valence-electron chi connectivity index (χ4n) is 3.23. The van der Waals surface area contributed by atoms with Crippen LogP contribution in [0, 0.1) is 0 Å². The minimum absolute atomic E-state index is 0.0280. The van der Waals surface area contributed by atoms with E-state index in [0.29, 0.717) is 40.5 Å². The number of benzene rings is 2. The number of halogens is 1. The first-order chi connectivity index (χ1) is 13.6. The molecule has 1 amide bonds. The number of methoxy groups -OCH3 is 2. The molecule has 0 radical (unpaired) electrons. The van der Waals surface area contributed by atoms with Gasteiger partial charge in [0.2, 0.25) is 17.6 Å². The topological polar surface area (TPSA) is 77.7 Å². The highest BCUT2D eigenvalue weighted by atomic mass is 35.5. The molecule has 1 fully saturated rings. The average molecular weight is 400 g/mol. The second-order valence-corrected chi connectivity index (χ2v) is 6.84. The van der Waals surface area contributed by atoms with Crippen LogP contribution in [0.2, 0.25) is 5.02 Å². The number of hydrogen-bond donors (Lipinski definition) is 0. The SMILES string of the molecule is COc1ccc(N2C[C@@H](c3nc(-c4ccc(Cl)cc4)no3)CC2=O)c(OC)c1. The molecule has 144 valence electrons. The van der Waals surface area contributed by atoms with Crippen LogP contribution in [-0.4, -0.2) is 36.8 Å². The summed E-state index contributed by atoms with van der Waals surface area (Å²) >= 11 is 5.92. The lowest BCUT2D eigenvalue weighted by Gasteiger charge is -2.19. The molecule has 7 nitrogen and oxygen atoms in total. The Morgan fingerprint density at radius 2 is 1.93 bits per heavy atom. The van der Waals surface area contributed by atoms with E-state index >= 15 is 0 Å². The van der Waals surface area contributed by atoms with Crippen molar-refractivity contribution >= 4 is 23.2 Å². The quantitative estimate of drug-likeness (QED) is 0.647. The van der Waals surface area contributed by atoms with Gasteiger partial charge in [-0.2, -0.15) is 4.98 Å². The van der Waals surface area contributed by atoms with E-state index in [0.717, 1.165) is 5.56 Å². The maximum atomic E-state index is 12.6. The Balaban J connectivity index is 1.56. The normalized spacial score (nSPS) is 16.5. The minimum Gasteiger partial charge on any atom is -0.497 e. The van der Waals surface area contributed by atoms with Gasteiger partial charge in [0.25, 0.3) is 0 Å². The molecular weight excluding hydrogens is 382 g/mol. The van der Waals surface area contributed by atoms with Gasteiger partial charge in [0.15, 0.2) is 0 Å². The van der Waals surface area contributed by atoms with Crippen LogP contribution in [-0.2, 0) is 4.79 Å². The molecule has 0 unspecified atom stereocenters. The summed E-state index contributed by atoms with van der Waals surface area (Å²) in [4.78, 5) is 18.8. The largest absolute Gasteiger partial charge is 0.497 e. The standard InChI is InChI=1S/C20H18ClN3O4/c1-26-15-7-8-16(17(10-15)27-2)24-11-13(9-18(24)25)20-22-19(23-28-20)12-3-5-14(21)6-4-12/h3-8,10,13H,9,11H2,1-2H3/t13-/m0/s1. The Labute approximate surface area is 166 Å².